The van der Waals surface area contributed by atoms with Crippen molar-refractivity contribution >= 4 is 23.6 Å². The van der Waals surface area contributed by atoms with Gasteiger partial charge in [-0.3, -0.25) is 14.9 Å². The molecule has 0 aliphatic rings. The summed E-state index contributed by atoms with van der Waals surface area (Å²) in [7, 11) is 1.43. The maximum Gasteiger partial charge on any atom is 0.355 e. The molecule has 8 nitrogen and oxygen atoms in total. The summed E-state index contributed by atoms with van der Waals surface area (Å²) in [6.07, 6.45) is 2.76. The van der Waals surface area contributed by atoms with Crippen molar-refractivity contribution in [3.8, 4) is 5.75 Å². The summed E-state index contributed by atoms with van der Waals surface area (Å²) < 4.78 is 10.2. The quantitative estimate of drug-likeness (QED) is 0.247. The van der Waals surface area contributed by atoms with Gasteiger partial charge in [0.2, 0.25) is 0 Å². The lowest BCUT2D eigenvalue weighted by atomic mass is 10.1. The van der Waals surface area contributed by atoms with Crippen LogP contribution < -0.4 is 10.1 Å². The summed E-state index contributed by atoms with van der Waals surface area (Å²) in [4.78, 5) is 35.1. The molecule has 28 heavy (non-hydrogen) atoms. The predicted octanol–water partition coefficient (Wildman–Crippen LogP) is 3.10. The second-order valence-corrected chi connectivity index (χ2v) is 5.45. The normalized spacial score (nSPS) is 10.7. The molecule has 0 spiro atoms. The van der Waals surface area contributed by atoms with Crippen LogP contribution in [-0.2, 0) is 9.53 Å². The van der Waals surface area contributed by atoms with Crippen LogP contribution in [0.25, 0.3) is 6.08 Å². The van der Waals surface area contributed by atoms with Gasteiger partial charge in [0, 0.05) is 12.1 Å². The van der Waals surface area contributed by atoms with E-state index in [2.05, 4.69) is 11.9 Å². The number of esters is 1. The van der Waals surface area contributed by atoms with E-state index in [1.165, 1.54) is 43.5 Å². The molecule has 0 aliphatic heterocycles. The van der Waals surface area contributed by atoms with Gasteiger partial charge >= 0.3 is 5.97 Å². The number of ether oxygens (including phenoxy) is 2. The van der Waals surface area contributed by atoms with E-state index in [0.717, 1.165) is 0 Å². The molecule has 0 fully saturated rings. The molecule has 8 heteroatoms. The van der Waals surface area contributed by atoms with Crippen molar-refractivity contribution in [3.63, 3.8) is 0 Å². The number of hydrogen-bond donors (Lipinski definition) is 1. The molecule has 0 aromatic heterocycles. The lowest BCUT2D eigenvalue weighted by molar-refractivity contribution is -0.384. The minimum Gasteiger partial charge on any atom is -0.496 e. The van der Waals surface area contributed by atoms with Crippen LogP contribution in [0.4, 0.5) is 5.69 Å². The molecule has 2 aromatic rings. The molecule has 1 amide bonds. The fraction of sp³-hybridized carbons (Fsp3) is 0.100. The highest BCUT2D eigenvalue weighted by Gasteiger charge is 2.18. The molecule has 0 atom stereocenters. The molecule has 0 heterocycles. The van der Waals surface area contributed by atoms with Crippen molar-refractivity contribution in [2.75, 3.05) is 13.7 Å². The van der Waals surface area contributed by atoms with Crippen LogP contribution in [0, 0.1) is 10.1 Å². The average molecular weight is 382 g/mol. The monoisotopic (exact) mass is 382 g/mol. The Hall–Kier alpha value is -3.94. The van der Waals surface area contributed by atoms with Crippen LogP contribution in [0.2, 0.25) is 0 Å². The molecule has 2 aromatic carbocycles. The zero-order valence-corrected chi connectivity index (χ0v) is 15.1. The van der Waals surface area contributed by atoms with E-state index >= 15 is 0 Å². The number of carbonyl (C=O) groups excluding carboxylic acids is 2. The van der Waals surface area contributed by atoms with Gasteiger partial charge in [0.25, 0.3) is 11.6 Å². The molecular weight excluding hydrogens is 364 g/mol. The number of carbonyl (C=O) groups is 2. The fourth-order valence-corrected chi connectivity index (χ4v) is 2.24. The highest BCUT2D eigenvalue weighted by molar-refractivity contribution is 6.04. The van der Waals surface area contributed by atoms with Crippen LogP contribution >= 0.6 is 0 Å². The maximum atomic E-state index is 12.6. The topological polar surface area (TPSA) is 108 Å². The predicted molar refractivity (Wildman–Crippen MR) is 103 cm³/mol. The van der Waals surface area contributed by atoms with E-state index in [-0.39, 0.29) is 23.6 Å². The third-order valence-electron chi connectivity index (χ3n) is 3.57. The summed E-state index contributed by atoms with van der Waals surface area (Å²) in [6, 6.07) is 12.0. The van der Waals surface area contributed by atoms with E-state index < -0.39 is 16.8 Å². The molecule has 0 saturated carbocycles. The number of nitrogens with one attached hydrogen (secondary N) is 1. The Balaban J connectivity index is 2.33. The van der Waals surface area contributed by atoms with Gasteiger partial charge in [-0.25, -0.2) is 4.79 Å². The Kier molecular flexibility index (Phi) is 7.04. The molecular formula is C20H18N2O6. The first kappa shape index (κ1) is 20.4. The molecule has 0 aliphatic carbocycles. The largest absolute Gasteiger partial charge is 0.496 e. The number of benzene rings is 2. The Morgan fingerprint density at radius 1 is 1.18 bits per heavy atom. The van der Waals surface area contributed by atoms with Crippen LogP contribution in [0.3, 0.4) is 0 Å². The Bertz CT molecular complexity index is 919. The van der Waals surface area contributed by atoms with E-state index in [1.54, 1.807) is 24.3 Å². The lowest BCUT2D eigenvalue weighted by Gasteiger charge is -2.11. The molecule has 0 bridgehead atoms. The molecule has 0 radical (unpaired) electrons. The van der Waals surface area contributed by atoms with Crippen molar-refractivity contribution in [3.05, 3.63) is 88.1 Å². The summed E-state index contributed by atoms with van der Waals surface area (Å²) in [5, 5.41) is 13.3. The second kappa shape index (κ2) is 9.67. The first-order valence-corrected chi connectivity index (χ1v) is 8.14. The van der Waals surface area contributed by atoms with Gasteiger partial charge in [-0.1, -0.05) is 24.8 Å². The van der Waals surface area contributed by atoms with Crippen molar-refractivity contribution in [2.24, 2.45) is 0 Å². The van der Waals surface area contributed by atoms with Crippen LogP contribution in [0.5, 0.6) is 5.75 Å². The number of rotatable bonds is 8. The smallest absolute Gasteiger partial charge is 0.355 e. The van der Waals surface area contributed by atoms with E-state index in [9.17, 15) is 19.7 Å². The first-order valence-electron chi connectivity index (χ1n) is 8.14. The fourth-order valence-electron chi connectivity index (χ4n) is 2.24. The van der Waals surface area contributed by atoms with Crippen LogP contribution in [-0.4, -0.2) is 30.5 Å². The van der Waals surface area contributed by atoms with E-state index in [4.69, 9.17) is 9.47 Å². The van der Waals surface area contributed by atoms with Crippen molar-refractivity contribution in [1.29, 1.82) is 0 Å². The lowest BCUT2D eigenvalue weighted by Crippen LogP contribution is -2.29. The summed E-state index contributed by atoms with van der Waals surface area (Å²) in [6.45, 7) is 3.43. The molecule has 0 unspecified atom stereocenters. The van der Waals surface area contributed by atoms with Gasteiger partial charge in [0.1, 0.15) is 18.1 Å². The second-order valence-electron chi connectivity index (χ2n) is 5.45. The minimum absolute atomic E-state index is 0.0407. The maximum absolute atomic E-state index is 12.6. The number of methoxy groups -OCH3 is 1. The van der Waals surface area contributed by atoms with E-state index in [0.29, 0.717) is 11.3 Å². The number of amides is 1. The van der Waals surface area contributed by atoms with Crippen molar-refractivity contribution < 1.29 is 24.0 Å². The van der Waals surface area contributed by atoms with E-state index in [1.807, 2.05) is 0 Å². The minimum atomic E-state index is -0.776. The summed E-state index contributed by atoms with van der Waals surface area (Å²) in [5.74, 6) is -1.00. The number of nitro benzene ring substituents is 1. The Morgan fingerprint density at radius 2 is 1.86 bits per heavy atom. The van der Waals surface area contributed by atoms with Gasteiger partial charge in [-0.05, 0) is 35.9 Å². The van der Waals surface area contributed by atoms with Gasteiger partial charge < -0.3 is 14.8 Å². The van der Waals surface area contributed by atoms with Crippen LogP contribution in [0.1, 0.15) is 15.9 Å². The zero-order valence-electron chi connectivity index (χ0n) is 15.1. The molecule has 0 saturated heterocycles. The standard InChI is InChI=1S/C20H18N2O6/c1-3-12-28-20(24)17(13-14-8-10-15(11-9-14)22(25)26)21-19(23)16-6-4-5-7-18(16)27-2/h3-11,13H,1,12H2,2H3,(H,21,23). The molecule has 1 N–H and O–H groups in total. The third kappa shape index (κ3) is 5.28. The number of para-hydroxylation sites is 1. The zero-order chi connectivity index (χ0) is 20.5. The van der Waals surface area contributed by atoms with Gasteiger partial charge in [-0.15, -0.1) is 0 Å². The van der Waals surface area contributed by atoms with Crippen LogP contribution in [0.15, 0.2) is 66.9 Å². The number of non-ortho nitro benzene ring substituents is 1. The van der Waals surface area contributed by atoms with Crippen molar-refractivity contribution in [2.45, 2.75) is 0 Å². The molecule has 2 rings (SSSR count). The highest BCUT2D eigenvalue weighted by Crippen LogP contribution is 2.18. The van der Waals surface area contributed by atoms with Gasteiger partial charge in [0.05, 0.1) is 17.6 Å². The summed E-state index contributed by atoms with van der Waals surface area (Å²) in [5.41, 5.74) is 0.477. The summed E-state index contributed by atoms with van der Waals surface area (Å²) >= 11 is 0. The average Bonchev–Trinajstić information content (AvgIpc) is 2.71. The van der Waals surface area contributed by atoms with Crippen molar-refractivity contribution in [1.82, 2.24) is 5.32 Å². The Morgan fingerprint density at radius 3 is 2.46 bits per heavy atom. The molecule has 144 valence electrons. The highest BCUT2D eigenvalue weighted by atomic mass is 16.6. The van der Waals surface area contributed by atoms with Gasteiger partial charge in [-0.2, -0.15) is 0 Å². The number of hydrogen-bond acceptors (Lipinski definition) is 6. The first-order chi connectivity index (χ1) is 13.5. The number of nitrogens with zero attached hydrogens (tertiary/aromatic N) is 1. The third-order valence-corrected chi connectivity index (χ3v) is 3.57. The SMILES string of the molecule is C=CCOC(=O)C(=Cc1ccc([N+](=O)[O-])cc1)NC(=O)c1ccccc1OC. The Labute approximate surface area is 161 Å². The van der Waals surface area contributed by atoms with Gasteiger partial charge in [0.15, 0.2) is 0 Å². The number of nitro groups is 1.